The molecule has 176 valence electrons. The van der Waals surface area contributed by atoms with Crippen LogP contribution in [0.1, 0.15) is 21.5 Å². The SMILES string of the molecule is Cc1ccc(NC(=O)/C=C/c2cccnc2)cc1C(=O)Nc1ccc2[nH]c(-c3ccccc3)nc2c1. The third-order valence-electron chi connectivity index (χ3n) is 5.65. The van der Waals surface area contributed by atoms with Crippen LogP contribution in [0.2, 0.25) is 0 Å². The lowest BCUT2D eigenvalue weighted by Crippen LogP contribution is -2.15. The molecule has 2 amide bonds. The zero-order valence-corrected chi connectivity index (χ0v) is 19.5. The van der Waals surface area contributed by atoms with Crippen molar-refractivity contribution in [1.82, 2.24) is 15.0 Å². The fourth-order valence-corrected chi connectivity index (χ4v) is 3.79. The van der Waals surface area contributed by atoms with Crippen molar-refractivity contribution >= 4 is 40.3 Å². The molecule has 0 unspecified atom stereocenters. The summed E-state index contributed by atoms with van der Waals surface area (Å²) < 4.78 is 0. The molecule has 0 aliphatic carbocycles. The molecule has 0 aliphatic rings. The van der Waals surface area contributed by atoms with Crippen LogP contribution in [0.3, 0.4) is 0 Å². The third kappa shape index (κ3) is 5.20. The van der Waals surface area contributed by atoms with Gasteiger partial charge in [-0.15, -0.1) is 0 Å². The number of benzene rings is 3. The third-order valence-corrected chi connectivity index (χ3v) is 5.65. The van der Waals surface area contributed by atoms with E-state index in [1.54, 1.807) is 42.7 Å². The average molecular weight is 474 g/mol. The number of nitrogens with zero attached hydrogens (tertiary/aromatic N) is 2. The largest absolute Gasteiger partial charge is 0.338 e. The van der Waals surface area contributed by atoms with Gasteiger partial charge in [0.1, 0.15) is 5.82 Å². The summed E-state index contributed by atoms with van der Waals surface area (Å²) in [7, 11) is 0. The maximum absolute atomic E-state index is 13.1. The second kappa shape index (κ2) is 10.1. The Morgan fingerprint density at radius 1 is 0.889 bits per heavy atom. The number of fused-ring (bicyclic) bond motifs is 1. The van der Waals surface area contributed by atoms with E-state index in [4.69, 9.17) is 0 Å². The van der Waals surface area contributed by atoms with Crippen LogP contribution in [-0.2, 0) is 4.79 Å². The first-order chi connectivity index (χ1) is 17.5. The number of carbonyl (C=O) groups is 2. The lowest BCUT2D eigenvalue weighted by molar-refractivity contribution is -0.111. The first-order valence-corrected chi connectivity index (χ1v) is 11.4. The number of hydrogen-bond donors (Lipinski definition) is 3. The molecule has 3 N–H and O–H groups in total. The van der Waals surface area contributed by atoms with Gasteiger partial charge in [0.2, 0.25) is 5.91 Å². The molecule has 7 heteroatoms. The highest BCUT2D eigenvalue weighted by Crippen LogP contribution is 2.24. The summed E-state index contributed by atoms with van der Waals surface area (Å²) in [6.45, 7) is 1.85. The lowest BCUT2D eigenvalue weighted by atomic mass is 10.1. The molecule has 0 atom stereocenters. The number of amides is 2. The minimum absolute atomic E-state index is 0.271. The highest BCUT2D eigenvalue weighted by molar-refractivity contribution is 6.08. The fourth-order valence-electron chi connectivity index (χ4n) is 3.79. The van der Waals surface area contributed by atoms with Crippen molar-refractivity contribution in [3.63, 3.8) is 0 Å². The summed E-state index contributed by atoms with van der Waals surface area (Å²) in [4.78, 5) is 37.4. The maximum atomic E-state index is 13.1. The molecule has 0 radical (unpaired) electrons. The topological polar surface area (TPSA) is 99.8 Å². The molecule has 36 heavy (non-hydrogen) atoms. The Morgan fingerprint density at radius 3 is 2.50 bits per heavy atom. The van der Waals surface area contributed by atoms with E-state index < -0.39 is 0 Å². The number of pyridine rings is 1. The van der Waals surface area contributed by atoms with Gasteiger partial charge in [-0.25, -0.2) is 4.98 Å². The van der Waals surface area contributed by atoms with Crippen LogP contribution in [0.4, 0.5) is 11.4 Å². The number of aromatic amines is 1. The molecular weight excluding hydrogens is 450 g/mol. The van der Waals surface area contributed by atoms with Crippen LogP contribution in [0.5, 0.6) is 0 Å². The molecule has 0 bridgehead atoms. The van der Waals surface area contributed by atoms with E-state index in [-0.39, 0.29) is 11.8 Å². The smallest absolute Gasteiger partial charge is 0.256 e. The number of anilines is 2. The standard InChI is InChI=1S/C29H23N5O2/c1-19-9-11-22(31-27(35)14-10-20-6-5-15-30-18-20)16-24(19)29(36)32-23-12-13-25-26(17-23)34-28(33-25)21-7-3-2-4-8-21/h2-18H,1H3,(H,31,35)(H,32,36)(H,33,34)/b14-10+. The summed E-state index contributed by atoms with van der Waals surface area (Å²) in [6, 6.07) is 24.3. The normalized spacial score (nSPS) is 11.0. The average Bonchev–Trinajstić information content (AvgIpc) is 3.33. The van der Waals surface area contributed by atoms with Gasteiger partial charge < -0.3 is 15.6 Å². The van der Waals surface area contributed by atoms with Gasteiger partial charge in [-0.2, -0.15) is 0 Å². The van der Waals surface area contributed by atoms with Crippen molar-refractivity contribution in [2.45, 2.75) is 6.92 Å². The minimum Gasteiger partial charge on any atom is -0.338 e. The van der Waals surface area contributed by atoms with Gasteiger partial charge >= 0.3 is 0 Å². The number of H-pyrrole nitrogens is 1. The highest BCUT2D eigenvalue weighted by Gasteiger charge is 2.13. The molecule has 0 fully saturated rings. The molecule has 5 rings (SSSR count). The minimum atomic E-state index is -0.299. The van der Waals surface area contributed by atoms with Crippen molar-refractivity contribution < 1.29 is 9.59 Å². The summed E-state index contributed by atoms with van der Waals surface area (Å²) in [5.41, 5.74) is 5.87. The first kappa shape index (κ1) is 22.7. The van der Waals surface area contributed by atoms with E-state index in [2.05, 4.69) is 25.6 Å². The van der Waals surface area contributed by atoms with Crippen molar-refractivity contribution in [1.29, 1.82) is 0 Å². The van der Waals surface area contributed by atoms with Crippen LogP contribution < -0.4 is 10.6 Å². The van der Waals surface area contributed by atoms with Crippen molar-refractivity contribution in [2.75, 3.05) is 10.6 Å². The molecule has 2 aromatic heterocycles. The van der Waals surface area contributed by atoms with Gasteiger partial charge in [0, 0.05) is 41.0 Å². The van der Waals surface area contributed by atoms with E-state index in [9.17, 15) is 9.59 Å². The zero-order chi connectivity index (χ0) is 24.9. The van der Waals surface area contributed by atoms with Crippen molar-refractivity contribution in [2.24, 2.45) is 0 Å². The van der Waals surface area contributed by atoms with E-state index in [0.717, 1.165) is 33.5 Å². The van der Waals surface area contributed by atoms with Crippen LogP contribution in [0, 0.1) is 6.92 Å². The zero-order valence-electron chi connectivity index (χ0n) is 19.5. The summed E-state index contributed by atoms with van der Waals surface area (Å²) >= 11 is 0. The Kier molecular flexibility index (Phi) is 6.36. The molecule has 7 nitrogen and oxygen atoms in total. The van der Waals surface area contributed by atoms with Crippen molar-refractivity contribution in [3.05, 3.63) is 114 Å². The number of nitrogens with one attached hydrogen (secondary N) is 3. The Morgan fingerprint density at radius 2 is 1.69 bits per heavy atom. The van der Waals surface area contributed by atoms with E-state index in [1.165, 1.54) is 6.08 Å². The van der Waals surface area contributed by atoms with Crippen LogP contribution in [0.25, 0.3) is 28.5 Å². The fraction of sp³-hybridized carbons (Fsp3) is 0.0345. The van der Waals surface area contributed by atoms with Gasteiger partial charge in [-0.3, -0.25) is 14.6 Å². The van der Waals surface area contributed by atoms with Gasteiger partial charge in [0.05, 0.1) is 11.0 Å². The predicted molar refractivity (Wildman–Crippen MR) is 143 cm³/mol. The molecular formula is C29H23N5O2. The number of hydrogen-bond acceptors (Lipinski definition) is 4. The highest BCUT2D eigenvalue weighted by atomic mass is 16.2. The number of imidazole rings is 1. The summed E-state index contributed by atoms with van der Waals surface area (Å²) in [5.74, 6) is 0.200. The number of aryl methyl sites for hydroxylation is 1. The first-order valence-electron chi connectivity index (χ1n) is 11.4. The van der Waals surface area contributed by atoms with Gasteiger partial charge in [0.15, 0.2) is 0 Å². The summed E-state index contributed by atoms with van der Waals surface area (Å²) in [5, 5.41) is 5.74. The van der Waals surface area contributed by atoms with Crippen LogP contribution >= 0.6 is 0 Å². The number of carbonyl (C=O) groups excluding carboxylic acids is 2. The Bertz CT molecular complexity index is 1570. The number of rotatable bonds is 6. The number of aromatic nitrogens is 3. The maximum Gasteiger partial charge on any atom is 0.256 e. The van der Waals surface area contributed by atoms with Gasteiger partial charge in [-0.1, -0.05) is 42.5 Å². The Hall–Kier alpha value is -5.04. The second-order valence-electron chi connectivity index (χ2n) is 8.28. The molecule has 0 saturated heterocycles. The molecule has 5 aromatic rings. The second-order valence-corrected chi connectivity index (χ2v) is 8.28. The molecule has 0 spiro atoms. The molecule has 0 saturated carbocycles. The Labute approximate surface area is 207 Å². The van der Waals surface area contributed by atoms with Crippen LogP contribution in [0.15, 0.2) is 97.3 Å². The lowest BCUT2D eigenvalue weighted by Gasteiger charge is -2.10. The van der Waals surface area contributed by atoms with E-state index in [1.807, 2.05) is 61.5 Å². The predicted octanol–water partition coefficient (Wildman–Crippen LogP) is 5.84. The Balaban J connectivity index is 1.30. The van der Waals surface area contributed by atoms with Gasteiger partial charge in [0.25, 0.3) is 5.91 Å². The molecule has 3 aromatic carbocycles. The van der Waals surface area contributed by atoms with E-state index >= 15 is 0 Å². The van der Waals surface area contributed by atoms with Gasteiger partial charge in [-0.05, 0) is 60.5 Å². The summed E-state index contributed by atoms with van der Waals surface area (Å²) in [6.07, 6.45) is 6.45. The molecule has 0 aliphatic heterocycles. The van der Waals surface area contributed by atoms with Crippen LogP contribution in [-0.4, -0.2) is 26.8 Å². The molecule has 2 heterocycles. The monoisotopic (exact) mass is 473 g/mol. The van der Waals surface area contributed by atoms with E-state index in [0.29, 0.717) is 16.9 Å². The quantitative estimate of drug-likeness (QED) is 0.270. The van der Waals surface area contributed by atoms with Crippen molar-refractivity contribution in [3.8, 4) is 11.4 Å².